The highest BCUT2D eigenvalue weighted by Crippen LogP contribution is 2.40. The molecule has 0 radical (unpaired) electrons. The number of nitriles is 1. The van der Waals surface area contributed by atoms with E-state index in [9.17, 15) is 14.9 Å². The summed E-state index contributed by atoms with van der Waals surface area (Å²) < 4.78 is 4.83. The second-order valence-corrected chi connectivity index (χ2v) is 8.07. The van der Waals surface area contributed by atoms with Gasteiger partial charge in [-0.3, -0.25) is 9.59 Å². The van der Waals surface area contributed by atoms with Crippen LogP contribution in [0.2, 0.25) is 10.0 Å². The second kappa shape index (κ2) is 9.36. The van der Waals surface area contributed by atoms with Gasteiger partial charge in [-0.25, -0.2) is 0 Å². The van der Waals surface area contributed by atoms with Crippen LogP contribution in [0.1, 0.15) is 17.0 Å². The molecule has 1 heterocycles. The van der Waals surface area contributed by atoms with Crippen molar-refractivity contribution in [2.75, 3.05) is 7.11 Å². The van der Waals surface area contributed by atoms with Gasteiger partial charge in [-0.05, 0) is 23.3 Å². The first-order valence-electron chi connectivity index (χ1n) is 8.61. The first-order valence-corrected chi connectivity index (χ1v) is 10.3. The Kier molecular flexibility index (Phi) is 6.86. The van der Waals surface area contributed by atoms with Crippen LogP contribution in [0.15, 0.2) is 59.1 Å². The molecule has 2 aromatic carbocycles. The molecule has 0 aromatic heterocycles. The second-order valence-electron chi connectivity index (χ2n) is 6.27. The molecule has 1 aliphatic rings. The molecule has 148 valence electrons. The number of thioether (sulfide) groups is 1. The molecule has 2 atom stereocenters. The molecule has 0 saturated carbocycles. The van der Waals surface area contributed by atoms with Crippen LogP contribution in [0.5, 0.6) is 0 Å². The third kappa shape index (κ3) is 4.59. The number of halogens is 2. The minimum Gasteiger partial charge on any atom is -0.468 e. The van der Waals surface area contributed by atoms with Crippen molar-refractivity contribution < 1.29 is 14.3 Å². The van der Waals surface area contributed by atoms with Gasteiger partial charge in [-0.2, -0.15) is 5.26 Å². The van der Waals surface area contributed by atoms with E-state index in [1.165, 1.54) is 18.9 Å². The molecule has 0 bridgehead atoms. The highest BCUT2D eigenvalue weighted by molar-refractivity contribution is 8.02. The molecule has 0 fully saturated rings. The number of carbonyl (C=O) groups is 2. The summed E-state index contributed by atoms with van der Waals surface area (Å²) in [6, 6.07) is 16.4. The fraction of sp³-hybridized carbons (Fsp3) is 0.190. The molecular weight excluding hydrogens is 431 g/mol. The van der Waals surface area contributed by atoms with Crippen LogP contribution in [-0.4, -0.2) is 19.0 Å². The summed E-state index contributed by atoms with van der Waals surface area (Å²) in [6.45, 7) is 0. The van der Waals surface area contributed by atoms with E-state index in [-0.39, 0.29) is 0 Å². The molecule has 0 saturated heterocycles. The fourth-order valence-corrected chi connectivity index (χ4v) is 4.44. The molecule has 8 heteroatoms. The number of hydrogen-bond acceptors (Lipinski definition) is 5. The quantitative estimate of drug-likeness (QED) is 0.533. The van der Waals surface area contributed by atoms with Gasteiger partial charge in [0.25, 0.3) is 0 Å². The van der Waals surface area contributed by atoms with Crippen LogP contribution >= 0.6 is 35.0 Å². The van der Waals surface area contributed by atoms with Crippen molar-refractivity contribution in [2.24, 2.45) is 5.92 Å². The summed E-state index contributed by atoms with van der Waals surface area (Å²) in [6.07, 6.45) is 0. The van der Waals surface area contributed by atoms with E-state index in [2.05, 4.69) is 11.4 Å². The number of benzene rings is 2. The Hall–Kier alpha value is -2.46. The molecule has 1 amide bonds. The first kappa shape index (κ1) is 21.3. The van der Waals surface area contributed by atoms with Crippen LogP contribution in [0.25, 0.3) is 0 Å². The zero-order chi connectivity index (χ0) is 21.0. The van der Waals surface area contributed by atoms with Gasteiger partial charge in [0.05, 0.1) is 33.8 Å². The Morgan fingerprint density at radius 1 is 1.21 bits per heavy atom. The summed E-state index contributed by atoms with van der Waals surface area (Å²) in [7, 11) is 1.22. The summed E-state index contributed by atoms with van der Waals surface area (Å²) in [5.41, 5.74) is 1.90. The molecule has 29 heavy (non-hydrogen) atoms. The smallest absolute Gasteiger partial charge is 0.319 e. The molecule has 1 N–H and O–H groups in total. The number of hydrogen-bond donors (Lipinski definition) is 1. The van der Waals surface area contributed by atoms with Gasteiger partial charge >= 0.3 is 5.97 Å². The predicted octanol–water partition coefficient (Wildman–Crippen LogP) is 4.66. The molecule has 2 aromatic rings. The molecule has 0 aliphatic carbocycles. The number of rotatable bonds is 5. The van der Waals surface area contributed by atoms with Crippen molar-refractivity contribution in [1.82, 2.24) is 5.32 Å². The average Bonchev–Trinajstić information content (AvgIpc) is 2.74. The SMILES string of the molecule is COC(=O)[C@@H]1C(=O)NC(SCc2ccc(Cl)c(Cl)c2)=C(C#N)[C@@H]1c1ccccc1. The third-order valence-electron chi connectivity index (χ3n) is 4.51. The minimum atomic E-state index is -1.13. The standard InChI is InChI=1S/C21H16Cl2N2O3S/c1-28-21(27)18-17(13-5-3-2-4-6-13)14(10-24)20(25-19(18)26)29-11-12-7-8-15(22)16(23)9-12/h2-9,17-18H,11H2,1H3,(H,25,26)/t17-,18-/m0/s1. The van der Waals surface area contributed by atoms with E-state index >= 15 is 0 Å². The van der Waals surface area contributed by atoms with Crippen LogP contribution in [0.4, 0.5) is 0 Å². The number of ether oxygens (including phenoxy) is 1. The number of carbonyl (C=O) groups excluding carboxylic acids is 2. The Bertz CT molecular complexity index is 1020. The molecule has 0 unspecified atom stereocenters. The Labute approximate surface area is 182 Å². The summed E-state index contributed by atoms with van der Waals surface area (Å²) in [5, 5.41) is 13.9. The van der Waals surface area contributed by atoms with E-state index in [1.54, 1.807) is 36.4 Å². The number of esters is 1. The number of amides is 1. The number of nitrogens with zero attached hydrogens (tertiary/aromatic N) is 1. The zero-order valence-electron chi connectivity index (χ0n) is 15.3. The van der Waals surface area contributed by atoms with Crippen molar-refractivity contribution in [1.29, 1.82) is 5.26 Å². The molecule has 5 nitrogen and oxygen atoms in total. The number of allylic oxidation sites excluding steroid dienone is 1. The summed E-state index contributed by atoms with van der Waals surface area (Å²) in [4.78, 5) is 25.1. The van der Waals surface area contributed by atoms with Crippen molar-refractivity contribution in [3.05, 3.63) is 80.3 Å². The maximum Gasteiger partial charge on any atom is 0.319 e. The molecular formula is C21H16Cl2N2O3S. The average molecular weight is 447 g/mol. The summed E-state index contributed by atoms with van der Waals surface area (Å²) >= 11 is 13.3. The van der Waals surface area contributed by atoms with Gasteiger partial charge < -0.3 is 10.1 Å². The monoisotopic (exact) mass is 446 g/mol. The highest BCUT2D eigenvalue weighted by Gasteiger charge is 2.44. The van der Waals surface area contributed by atoms with E-state index in [0.29, 0.717) is 32.0 Å². The lowest BCUT2D eigenvalue weighted by atomic mass is 9.78. The van der Waals surface area contributed by atoms with Crippen LogP contribution in [0, 0.1) is 17.2 Å². The summed E-state index contributed by atoms with van der Waals surface area (Å²) in [5.74, 6) is -2.58. The molecule has 3 rings (SSSR count). The van der Waals surface area contributed by atoms with Gasteiger partial charge in [0.1, 0.15) is 5.92 Å². The van der Waals surface area contributed by atoms with Gasteiger partial charge in [0.2, 0.25) is 5.91 Å². The van der Waals surface area contributed by atoms with E-state index in [4.69, 9.17) is 27.9 Å². The lowest BCUT2D eigenvalue weighted by Gasteiger charge is -2.31. The molecule has 1 aliphatic heterocycles. The number of nitrogens with one attached hydrogen (secondary N) is 1. The third-order valence-corrected chi connectivity index (χ3v) is 6.34. The highest BCUT2D eigenvalue weighted by atomic mass is 35.5. The van der Waals surface area contributed by atoms with Gasteiger partial charge in [0, 0.05) is 11.7 Å². The Morgan fingerprint density at radius 2 is 1.93 bits per heavy atom. The molecule has 0 spiro atoms. The minimum absolute atomic E-state index is 0.316. The number of methoxy groups -OCH3 is 1. The maximum absolute atomic E-state index is 12.8. The van der Waals surface area contributed by atoms with Crippen LogP contribution < -0.4 is 5.32 Å². The van der Waals surface area contributed by atoms with E-state index in [1.807, 2.05) is 12.1 Å². The lowest BCUT2D eigenvalue weighted by molar-refractivity contribution is -0.150. The van der Waals surface area contributed by atoms with Gasteiger partial charge in [0.15, 0.2) is 0 Å². The topological polar surface area (TPSA) is 79.2 Å². The van der Waals surface area contributed by atoms with Gasteiger partial charge in [-0.1, -0.05) is 59.6 Å². The van der Waals surface area contributed by atoms with E-state index < -0.39 is 23.7 Å². The predicted molar refractivity (Wildman–Crippen MR) is 113 cm³/mol. The fourth-order valence-electron chi connectivity index (χ4n) is 3.12. The van der Waals surface area contributed by atoms with Crippen molar-refractivity contribution in [3.8, 4) is 6.07 Å². The van der Waals surface area contributed by atoms with E-state index in [0.717, 1.165) is 5.56 Å². The van der Waals surface area contributed by atoms with Crippen molar-refractivity contribution >= 4 is 46.8 Å². The van der Waals surface area contributed by atoms with Crippen LogP contribution in [-0.2, 0) is 20.1 Å². The lowest BCUT2D eigenvalue weighted by Crippen LogP contribution is -2.44. The first-order chi connectivity index (χ1) is 14.0. The zero-order valence-corrected chi connectivity index (χ0v) is 17.6. The van der Waals surface area contributed by atoms with Crippen LogP contribution in [0.3, 0.4) is 0 Å². The Balaban J connectivity index is 1.99. The van der Waals surface area contributed by atoms with Crippen molar-refractivity contribution in [2.45, 2.75) is 11.7 Å². The Morgan fingerprint density at radius 3 is 2.55 bits per heavy atom. The van der Waals surface area contributed by atoms with Gasteiger partial charge in [-0.15, -0.1) is 11.8 Å². The maximum atomic E-state index is 12.8. The normalized spacial score (nSPS) is 18.8. The van der Waals surface area contributed by atoms with Crippen molar-refractivity contribution in [3.63, 3.8) is 0 Å². The largest absolute Gasteiger partial charge is 0.468 e.